The molecule has 0 fully saturated rings. The Labute approximate surface area is 124 Å². The van der Waals surface area contributed by atoms with E-state index < -0.39 is 47.4 Å². The predicted molar refractivity (Wildman–Crippen MR) is 63.5 cm³/mol. The van der Waals surface area contributed by atoms with E-state index in [1.54, 1.807) is 0 Å². The number of ether oxygens (including phenoxy) is 1. The Morgan fingerprint density at radius 1 is 1.17 bits per heavy atom. The number of fused-ring (bicyclic) bond motifs is 1. The van der Waals surface area contributed by atoms with Crippen molar-refractivity contribution in [1.82, 2.24) is 0 Å². The lowest BCUT2D eigenvalue weighted by Gasteiger charge is -2.27. The zero-order chi connectivity index (χ0) is 17.6. The molecule has 1 aromatic rings. The van der Waals surface area contributed by atoms with Crippen LogP contribution in [0.25, 0.3) is 6.08 Å². The average molecular weight is 342 g/mol. The van der Waals surface area contributed by atoms with Gasteiger partial charge in [0.2, 0.25) is 6.10 Å². The van der Waals surface area contributed by atoms with Gasteiger partial charge < -0.3 is 14.9 Å². The summed E-state index contributed by atoms with van der Waals surface area (Å²) in [6, 6.07) is 2.29. The molecule has 2 N–H and O–H groups in total. The minimum absolute atomic E-state index is 0.302. The summed E-state index contributed by atoms with van der Waals surface area (Å²) in [6.07, 6.45) is -15.0. The molecule has 1 aliphatic rings. The Morgan fingerprint density at radius 3 is 2.26 bits per heavy atom. The van der Waals surface area contributed by atoms with E-state index in [-0.39, 0.29) is 5.56 Å². The Balaban J connectivity index is 2.49. The van der Waals surface area contributed by atoms with Crippen molar-refractivity contribution in [3.05, 3.63) is 34.9 Å². The highest BCUT2D eigenvalue weighted by Crippen LogP contribution is 2.40. The third kappa shape index (κ3) is 3.41. The first-order chi connectivity index (χ1) is 10.4. The fraction of sp³-hybridized carbons (Fsp3) is 0.308. The number of carboxylic acids is 1. The van der Waals surface area contributed by atoms with Crippen LogP contribution in [-0.4, -0.2) is 34.6 Å². The zero-order valence-corrected chi connectivity index (χ0v) is 10.9. The largest absolute Gasteiger partial charge is 0.478 e. The maximum absolute atomic E-state index is 12.8. The van der Waals surface area contributed by atoms with Crippen molar-refractivity contribution in [2.24, 2.45) is 0 Å². The van der Waals surface area contributed by atoms with Gasteiger partial charge in [-0.3, -0.25) is 0 Å². The Bertz CT molecular complexity index is 661. The molecule has 4 nitrogen and oxygen atoms in total. The summed E-state index contributed by atoms with van der Waals surface area (Å²) in [4.78, 5) is 10.9. The van der Waals surface area contributed by atoms with Gasteiger partial charge in [-0.1, -0.05) is 6.07 Å². The zero-order valence-electron chi connectivity index (χ0n) is 10.9. The van der Waals surface area contributed by atoms with Crippen LogP contribution < -0.4 is 4.74 Å². The highest BCUT2D eigenvalue weighted by Gasteiger charge is 2.48. The first-order valence-corrected chi connectivity index (χ1v) is 5.98. The highest BCUT2D eigenvalue weighted by molar-refractivity contribution is 5.95. The lowest BCUT2D eigenvalue weighted by Crippen LogP contribution is -2.40. The van der Waals surface area contributed by atoms with Crippen molar-refractivity contribution in [2.75, 3.05) is 0 Å². The van der Waals surface area contributed by atoms with Gasteiger partial charge in [0, 0.05) is 5.56 Å². The molecule has 126 valence electrons. The van der Waals surface area contributed by atoms with E-state index in [0.29, 0.717) is 6.08 Å². The molecule has 0 radical (unpaired) electrons. The molecule has 1 unspecified atom stereocenters. The highest BCUT2D eigenvalue weighted by atomic mass is 19.4. The summed E-state index contributed by atoms with van der Waals surface area (Å²) < 4.78 is 80.3. The molecule has 0 saturated heterocycles. The van der Waals surface area contributed by atoms with Gasteiger partial charge in [0.1, 0.15) is 5.75 Å². The SMILES string of the molecule is O=C(O)C1=Cc2cc(C(O)C(F)(F)F)ccc2O[C@@H]1C(F)(F)F. The van der Waals surface area contributed by atoms with E-state index in [9.17, 15) is 31.1 Å². The molecule has 0 spiro atoms. The van der Waals surface area contributed by atoms with E-state index in [2.05, 4.69) is 4.74 Å². The van der Waals surface area contributed by atoms with Gasteiger partial charge in [0.15, 0.2) is 6.10 Å². The van der Waals surface area contributed by atoms with Gasteiger partial charge in [-0.2, -0.15) is 26.3 Å². The number of aliphatic hydroxyl groups is 1. The normalized spacial score (nSPS) is 19.4. The molecule has 2 rings (SSSR count). The van der Waals surface area contributed by atoms with Crippen LogP contribution in [0.15, 0.2) is 23.8 Å². The van der Waals surface area contributed by atoms with Crippen LogP contribution in [0.3, 0.4) is 0 Å². The molecule has 0 aliphatic carbocycles. The first kappa shape index (κ1) is 17.1. The van der Waals surface area contributed by atoms with Gasteiger partial charge in [-0.15, -0.1) is 0 Å². The molecule has 0 bridgehead atoms. The lowest BCUT2D eigenvalue weighted by atomic mass is 9.98. The molecule has 0 amide bonds. The first-order valence-electron chi connectivity index (χ1n) is 5.98. The van der Waals surface area contributed by atoms with E-state index in [0.717, 1.165) is 18.2 Å². The van der Waals surface area contributed by atoms with Gasteiger partial charge in [-0.25, -0.2) is 4.79 Å². The monoisotopic (exact) mass is 342 g/mol. The molecule has 1 heterocycles. The summed E-state index contributed by atoms with van der Waals surface area (Å²) >= 11 is 0. The van der Waals surface area contributed by atoms with Crippen LogP contribution in [0.2, 0.25) is 0 Å². The Kier molecular flexibility index (Phi) is 4.05. The quantitative estimate of drug-likeness (QED) is 0.811. The fourth-order valence-corrected chi connectivity index (χ4v) is 2.00. The molecular formula is C13H8F6O4. The van der Waals surface area contributed by atoms with Crippen molar-refractivity contribution in [3.8, 4) is 5.75 Å². The molecule has 0 saturated carbocycles. The molecule has 1 aliphatic heterocycles. The maximum Gasteiger partial charge on any atom is 0.430 e. The molecule has 2 atom stereocenters. The molecule has 1 aromatic carbocycles. The molecule has 0 aromatic heterocycles. The minimum atomic E-state index is -5.01. The topological polar surface area (TPSA) is 66.8 Å². The number of rotatable bonds is 2. The second-order valence-electron chi connectivity index (χ2n) is 4.69. The van der Waals surface area contributed by atoms with Crippen molar-refractivity contribution >= 4 is 12.0 Å². The van der Waals surface area contributed by atoms with Crippen LogP contribution in [0.4, 0.5) is 26.3 Å². The molecular weight excluding hydrogens is 334 g/mol. The van der Waals surface area contributed by atoms with Crippen LogP contribution in [-0.2, 0) is 4.79 Å². The second-order valence-corrected chi connectivity index (χ2v) is 4.69. The summed E-state index contributed by atoms with van der Waals surface area (Å²) in [5.74, 6) is -2.35. The third-order valence-corrected chi connectivity index (χ3v) is 3.04. The van der Waals surface area contributed by atoms with Gasteiger partial charge in [0.25, 0.3) is 0 Å². The standard InChI is InChI=1S/C13H8F6O4/c14-12(15,16)9(20)5-1-2-8-6(3-5)4-7(11(21)22)10(23-8)13(17,18)19/h1-4,9-10,20H,(H,21,22)/t9?,10-/m0/s1. The number of carboxylic acid groups (broad SMARTS) is 1. The summed E-state index contributed by atoms with van der Waals surface area (Å²) in [5, 5.41) is 18.0. The van der Waals surface area contributed by atoms with E-state index in [1.165, 1.54) is 0 Å². The molecule has 23 heavy (non-hydrogen) atoms. The Hall–Kier alpha value is -2.23. The van der Waals surface area contributed by atoms with Gasteiger partial charge >= 0.3 is 18.3 Å². The second kappa shape index (κ2) is 5.44. The van der Waals surface area contributed by atoms with Gasteiger partial charge in [0.05, 0.1) is 5.57 Å². The number of hydrogen-bond acceptors (Lipinski definition) is 3. The predicted octanol–water partition coefficient (Wildman–Crippen LogP) is 3.07. The summed E-state index contributed by atoms with van der Waals surface area (Å²) in [7, 11) is 0. The van der Waals surface area contributed by atoms with E-state index >= 15 is 0 Å². The average Bonchev–Trinajstić information content (AvgIpc) is 2.42. The van der Waals surface area contributed by atoms with Crippen molar-refractivity contribution in [2.45, 2.75) is 24.6 Å². The number of aliphatic hydroxyl groups excluding tert-OH is 1. The number of carbonyl (C=O) groups is 1. The van der Waals surface area contributed by atoms with E-state index in [1.807, 2.05) is 0 Å². The summed E-state index contributed by atoms with van der Waals surface area (Å²) in [5.41, 5.74) is -2.11. The minimum Gasteiger partial charge on any atom is -0.478 e. The molecule has 10 heteroatoms. The van der Waals surface area contributed by atoms with E-state index in [4.69, 9.17) is 10.2 Å². The number of hydrogen-bond donors (Lipinski definition) is 2. The summed E-state index contributed by atoms with van der Waals surface area (Å²) in [6.45, 7) is 0. The maximum atomic E-state index is 12.8. The number of benzene rings is 1. The number of halogens is 6. The van der Waals surface area contributed by atoms with Crippen molar-refractivity contribution < 1.29 is 46.1 Å². The number of alkyl halides is 6. The third-order valence-electron chi connectivity index (χ3n) is 3.04. The number of aliphatic carboxylic acids is 1. The smallest absolute Gasteiger partial charge is 0.430 e. The van der Waals surface area contributed by atoms with Crippen molar-refractivity contribution in [1.29, 1.82) is 0 Å². The van der Waals surface area contributed by atoms with Gasteiger partial charge in [-0.05, 0) is 23.8 Å². The van der Waals surface area contributed by atoms with Crippen LogP contribution in [0, 0.1) is 0 Å². The van der Waals surface area contributed by atoms with Crippen LogP contribution >= 0.6 is 0 Å². The lowest BCUT2D eigenvalue weighted by molar-refractivity contribution is -0.206. The fourth-order valence-electron chi connectivity index (χ4n) is 2.00. The van der Waals surface area contributed by atoms with Crippen LogP contribution in [0.1, 0.15) is 17.2 Å². The van der Waals surface area contributed by atoms with Crippen molar-refractivity contribution in [3.63, 3.8) is 0 Å². The Morgan fingerprint density at radius 2 is 1.78 bits per heavy atom. The van der Waals surface area contributed by atoms with Crippen LogP contribution in [0.5, 0.6) is 5.75 Å².